The Morgan fingerprint density at radius 2 is 1.91 bits per heavy atom. The van der Waals surface area contributed by atoms with Gasteiger partial charge in [-0.1, -0.05) is 64.9 Å². The number of fused-ring (bicyclic) bond motifs is 1. The zero-order valence-electron chi connectivity index (χ0n) is 28.9. The van der Waals surface area contributed by atoms with Gasteiger partial charge in [0.15, 0.2) is 12.2 Å². The molecule has 2 aliphatic heterocycles. The van der Waals surface area contributed by atoms with Gasteiger partial charge in [-0.3, -0.25) is 20.3 Å². The molecule has 1 spiro atoms. The maximum atomic E-state index is 14.3. The normalized spacial score (nSPS) is 26.1. The Kier molecular flexibility index (Phi) is 11.9. The van der Waals surface area contributed by atoms with Gasteiger partial charge >= 0.3 is 0 Å². The summed E-state index contributed by atoms with van der Waals surface area (Å²) < 4.78 is 11.2. The van der Waals surface area contributed by atoms with Crippen LogP contribution in [0, 0.1) is 17.3 Å². The number of β-amino-alcohol motifs (C(OH)–C–C–N with tert-alkyl or cyclic N) is 1. The van der Waals surface area contributed by atoms with Crippen molar-refractivity contribution in [3.05, 3.63) is 47.7 Å². The Morgan fingerprint density at radius 3 is 2.62 bits per heavy atom. The number of carbonyl (C=O) groups is 1. The molecular formula is C38H59N5O4. The largest absolute Gasteiger partial charge is 0.486 e. The number of piperidine rings is 1. The number of carbonyl (C=O) groups excluding carboxylic acids is 1. The van der Waals surface area contributed by atoms with E-state index in [4.69, 9.17) is 9.15 Å². The van der Waals surface area contributed by atoms with Crippen LogP contribution in [0.4, 0.5) is 0 Å². The van der Waals surface area contributed by atoms with Gasteiger partial charge in [-0.2, -0.15) is 0 Å². The average Bonchev–Trinajstić information content (AvgIpc) is 3.59. The van der Waals surface area contributed by atoms with Crippen molar-refractivity contribution in [3.8, 4) is 5.75 Å². The topological polar surface area (TPSA) is 112 Å². The Labute approximate surface area is 282 Å². The predicted octanol–water partition coefficient (Wildman–Crippen LogP) is 5.70. The number of amides is 1. The molecule has 47 heavy (non-hydrogen) atoms. The third kappa shape index (κ3) is 8.97. The van der Waals surface area contributed by atoms with E-state index in [0.29, 0.717) is 43.5 Å². The van der Waals surface area contributed by atoms with Crippen LogP contribution in [0.15, 0.2) is 35.2 Å². The number of hydrogen-bond donors (Lipinski definition) is 4. The zero-order valence-corrected chi connectivity index (χ0v) is 28.9. The Hall–Kier alpha value is -2.46. The second-order valence-corrected chi connectivity index (χ2v) is 15.4. The lowest BCUT2D eigenvalue weighted by Gasteiger charge is -2.54. The molecule has 0 bridgehead atoms. The maximum Gasteiger partial charge on any atom is 0.223 e. The van der Waals surface area contributed by atoms with E-state index in [2.05, 4.69) is 51.8 Å². The van der Waals surface area contributed by atoms with Crippen molar-refractivity contribution in [2.24, 2.45) is 17.3 Å². The smallest absolute Gasteiger partial charge is 0.223 e. The van der Waals surface area contributed by atoms with E-state index in [1.54, 1.807) is 6.20 Å². The number of aliphatic hydroxyl groups is 1. The van der Waals surface area contributed by atoms with Crippen molar-refractivity contribution in [2.75, 3.05) is 19.6 Å². The third-order valence-corrected chi connectivity index (χ3v) is 11.4. The fourth-order valence-electron chi connectivity index (χ4n) is 8.70. The molecular weight excluding hydrogens is 590 g/mol. The molecule has 1 saturated heterocycles. The van der Waals surface area contributed by atoms with Crippen molar-refractivity contribution in [2.45, 2.75) is 141 Å². The molecule has 9 heteroatoms. The molecule has 260 valence electrons. The number of benzene rings is 1. The van der Waals surface area contributed by atoms with Gasteiger partial charge in [0.25, 0.3) is 0 Å². The lowest BCUT2D eigenvalue weighted by atomic mass is 9.61. The van der Waals surface area contributed by atoms with Crippen molar-refractivity contribution in [1.82, 2.24) is 25.8 Å². The van der Waals surface area contributed by atoms with E-state index in [9.17, 15) is 9.90 Å². The minimum absolute atomic E-state index is 0.0438. The molecule has 2 aliphatic carbocycles. The first-order valence-corrected chi connectivity index (χ1v) is 18.7. The molecule has 3 fully saturated rings. The lowest BCUT2D eigenvalue weighted by molar-refractivity contribution is -0.136. The minimum atomic E-state index is -0.612. The number of aliphatic hydroxyl groups excluding tert-OH is 1. The second-order valence-electron chi connectivity index (χ2n) is 15.4. The molecule has 4 N–H and O–H groups in total. The number of ether oxygens (including phenoxy) is 1. The van der Waals surface area contributed by atoms with Crippen LogP contribution < -0.4 is 20.7 Å². The first-order valence-electron chi connectivity index (χ1n) is 18.7. The highest BCUT2D eigenvalue weighted by molar-refractivity contribution is 5.80. The first kappa shape index (κ1) is 34.4. The number of oxazole rings is 1. The molecule has 0 radical (unpaired) electrons. The van der Waals surface area contributed by atoms with Crippen molar-refractivity contribution >= 4 is 5.91 Å². The Bertz CT molecular complexity index is 1250. The minimum Gasteiger partial charge on any atom is -0.486 e. The van der Waals surface area contributed by atoms with E-state index < -0.39 is 6.10 Å². The molecule has 3 unspecified atom stereocenters. The predicted molar refractivity (Wildman–Crippen MR) is 184 cm³/mol. The summed E-state index contributed by atoms with van der Waals surface area (Å²) >= 11 is 0. The Balaban J connectivity index is 1.07. The van der Waals surface area contributed by atoms with Gasteiger partial charge in [0.2, 0.25) is 5.91 Å². The lowest BCUT2D eigenvalue weighted by Crippen LogP contribution is -2.68. The standard InChI is InChI=1S/C38H59N5O4/c1-27(2)18-31-20-35(38(15-7-5-3-4-6-8-16-38)37(42-31)41-30-10-9-11-30)36(45)40-21-32(44)24-43-17-14-28-19-33(13-12-29(28)23-43)46-25-34-22-39-26-47-34/h12-13,19,22,26-27,30-32,35,37,41-42,44H,3-11,14-18,20-21,23-25H2,1-2H3,(H,40,45)/t31?,32-,35?,37?/m0/s1. The molecule has 4 atom stereocenters. The van der Waals surface area contributed by atoms with Gasteiger partial charge in [-0.25, -0.2) is 4.98 Å². The third-order valence-electron chi connectivity index (χ3n) is 11.4. The number of nitrogens with one attached hydrogen (secondary N) is 3. The fourth-order valence-corrected chi connectivity index (χ4v) is 8.70. The highest BCUT2D eigenvalue weighted by Gasteiger charge is 2.52. The van der Waals surface area contributed by atoms with E-state index >= 15 is 0 Å². The first-order chi connectivity index (χ1) is 22.9. The highest BCUT2D eigenvalue weighted by Crippen LogP contribution is 2.48. The summed E-state index contributed by atoms with van der Waals surface area (Å²) in [5.41, 5.74) is 2.46. The van der Waals surface area contributed by atoms with Crippen LogP contribution in [-0.2, 0) is 24.4 Å². The molecule has 2 saturated carbocycles. The van der Waals surface area contributed by atoms with E-state index in [-0.39, 0.29) is 23.4 Å². The van der Waals surface area contributed by atoms with Gasteiger partial charge in [0.1, 0.15) is 12.4 Å². The Morgan fingerprint density at radius 1 is 1.13 bits per heavy atom. The summed E-state index contributed by atoms with van der Waals surface area (Å²) in [4.78, 5) is 20.6. The summed E-state index contributed by atoms with van der Waals surface area (Å²) in [6.07, 6.45) is 19.0. The van der Waals surface area contributed by atoms with Crippen LogP contribution in [0.25, 0.3) is 0 Å². The zero-order chi connectivity index (χ0) is 32.6. The summed E-state index contributed by atoms with van der Waals surface area (Å²) in [5.74, 6) is 2.21. The van der Waals surface area contributed by atoms with Crippen LogP contribution in [0.3, 0.4) is 0 Å². The monoisotopic (exact) mass is 649 g/mol. The van der Waals surface area contributed by atoms with E-state index in [1.165, 1.54) is 75.3 Å². The van der Waals surface area contributed by atoms with Gasteiger partial charge in [-0.15, -0.1) is 0 Å². The number of nitrogens with zero attached hydrogens (tertiary/aromatic N) is 2. The van der Waals surface area contributed by atoms with E-state index in [1.807, 2.05) is 6.07 Å². The average molecular weight is 650 g/mol. The summed E-state index contributed by atoms with van der Waals surface area (Å²) in [6.45, 7) is 7.43. The molecule has 1 aromatic carbocycles. The number of rotatable bonds is 12. The molecule has 4 aliphatic rings. The molecule has 3 heterocycles. The van der Waals surface area contributed by atoms with Crippen LogP contribution >= 0.6 is 0 Å². The number of hydrogen-bond acceptors (Lipinski definition) is 8. The maximum absolute atomic E-state index is 14.3. The molecule has 6 rings (SSSR count). The molecule has 2 aromatic rings. The molecule has 1 amide bonds. The summed E-state index contributed by atoms with van der Waals surface area (Å²) in [7, 11) is 0. The van der Waals surface area contributed by atoms with Gasteiger partial charge in [-0.05, 0) is 74.1 Å². The summed E-state index contributed by atoms with van der Waals surface area (Å²) in [5, 5.41) is 22.6. The SMILES string of the molecule is CC(C)CC1CC(C(=O)NC[C@H](O)CN2CCc3cc(OCc4cnco4)ccc3C2)C2(CCCCCCCC2)C(NC2CCC2)N1. The molecule has 9 nitrogen and oxygen atoms in total. The van der Waals surface area contributed by atoms with Crippen molar-refractivity contribution in [1.29, 1.82) is 0 Å². The molecule has 1 aromatic heterocycles. The van der Waals surface area contributed by atoms with E-state index in [0.717, 1.165) is 50.9 Å². The fraction of sp³-hybridized carbons (Fsp3) is 0.737. The quantitative estimate of drug-likeness (QED) is 0.232. The van der Waals surface area contributed by atoms with Gasteiger partial charge in [0, 0.05) is 49.6 Å². The summed E-state index contributed by atoms with van der Waals surface area (Å²) in [6, 6.07) is 7.13. The van der Waals surface area contributed by atoms with Crippen LogP contribution in [0.2, 0.25) is 0 Å². The van der Waals surface area contributed by atoms with Crippen molar-refractivity contribution < 1.29 is 19.1 Å². The number of aromatic nitrogens is 1. The van der Waals surface area contributed by atoms with Crippen molar-refractivity contribution in [3.63, 3.8) is 0 Å². The van der Waals surface area contributed by atoms with Crippen LogP contribution in [0.1, 0.15) is 114 Å². The highest BCUT2D eigenvalue weighted by atomic mass is 16.5. The van der Waals surface area contributed by atoms with Crippen LogP contribution in [0.5, 0.6) is 5.75 Å². The van der Waals surface area contributed by atoms with Gasteiger partial charge in [0.05, 0.1) is 18.5 Å². The van der Waals surface area contributed by atoms with Crippen LogP contribution in [-0.4, -0.2) is 64.9 Å². The second kappa shape index (κ2) is 16.3. The van der Waals surface area contributed by atoms with Gasteiger partial charge < -0.3 is 19.6 Å².